The molecule has 0 spiro atoms. The highest BCUT2D eigenvalue weighted by Gasteiger charge is 2.27. The smallest absolute Gasteiger partial charge is 0.178 e. The zero-order chi connectivity index (χ0) is 27.8. The summed E-state index contributed by atoms with van der Waals surface area (Å²) in [6, 6.07) is 44.1. The molecule has 1 aliphatic rings. The predicted molar refractivity (Wildman–Crippen MR) is 173 cm³/mol. The standard InChI is InChI=1S/C37H25N3O2/c38-30-12-4-7-15-33(30)40-22-39(31-13-5-1-9-24(31)25-10-2-6-14-32(25)40)23-17-20-35-29(21-23)28-19-18-27-26-11-3-8-16-34(26)41-36(27)37(28)42-35/h1-21H,22,38H2. The van der Waals surface area contributed by atoms with E-state index >= 15 is 0 Å². The number of nitrogen functional groups attached to an aromatic ring is 1. The first-order valence-corrected chi connectivity index (χ1v) is 14.1. The fourth-order valence-corrected chi connectivity index (χ4v) is 6.50. The second kappa shape index (κ2) is 8.66. The van der Waals surface area contributed by atoms with Gasteiger partial charge in [-0.1, -0.05) is 66.7 Å². The number of nitrogens with two attached hydrogens (primary N) is 1. The Hall–Kier alpha value is -5.68. The van der Waals surface area contributed by atoms with E-state index in [0.717, 1.165) is 72.3 Å². The number of para-hydroxylation sites is 5. The van der Waals surface area contributed by atoms with Gasteiger partial charge in [-0.3, -0.25) is 0 Å². The lowest BCUT2D eigenvalue weighted by atomic mass is 10.0. The summed E-state index contributed by atoms with van der Waals surface area (Å²) in [7, 11) is 0. The topological polar surface area (TPSA) is 58.8 Å². The largest absolute Gasteiger partial charge is 0.452 e. The molecule has 0 fully saturated rings. The Kier molecular flexibility index (Phi) is 4.75. The van der Waals surface area contributed by atoms with Crippen LogP contribution in [0.3, 0.4) is 0 Å². The number of rotatable bonds is 2. The van der Waals surface area contributed by atoms with Crippen LogP contribution in [-0.4, -0.2) is 6.67 Å². The van der Waals surface area contributed by atoms with Gasteiger partial charge in [0, 0.05) is 38.4 Å². The van der Waals surface area contributed by atoms with Crippen molar-refractivity contribution >= 4 is 72.3 Å². The molecule has 0 radical (unpaired) electrons. The third kappa shape index (κ3) is 3.25. The van der Waals surface area contributed by atoms with Crippen LogP contribution in [0.25, 0.3) is 55.0 Å². The van der Waals surface area contributed by atoms with Crippen LogP contribution in [0.2, 0.25) is 0 Å². The van der Waals surface area contributed by atoms with E-state index in [9.17, 15) is 0 Å². The number of benzene rings is 6. The molecule has 8 aromatic rings. The van der Waals surface area contributed by atoms with Crippen LogP contribution in [0.15, 0.2) is 136 Å². The monoisotopic (exact) mass is 543 g/mol. The fourth-order valence-electron chi connectivity index (χ4n) is 6.50. The average Bonchev–Trinajstić information content (AvgIpc) is 3.56. The minimum absolute atomic E-state index is 0.581. The van der Waals surface area contributed by atoms with Crippen LogP contribution in [0, 0.1) is 0 Å². The number of nitrogens with zero attached hydrogens (tertiary/aromatic N) is 2. The molecule has 2 aromatic heterocycles. The maximum absolute atomic E-state index is 6.56. The van der Waals surface area contributed by atoms with Gasteiger partial charge in [-0.15, -0.1) is 0 Å². The molecule has 0 saturated carbocycles. The van der Waals surface area contributed by atoms with Crippen LogP contribution in [0.5, 0.6) is 0 Å². The van der Waals surface area contributed by atoms with Crippen molar-refractivity contribution < 1.29 is 8.83 Å². The first-order valence-electron chi connectivity index (χ1n) is 14.1. The maximum Gasteiger partial charge on any atom is 0.178 e. The van der Waals surface area contributed by atoms with E-state index in [2.05, 4.69) is 101 Å². The van der Waals surface area contributed by atoms with Gasteiger partial charge in [0.05, 0.1) is 22.7 Å². The van der Waals surface area contributed by atoms with Gasteiger partial charge in [0.2, 0.25) is 0 Å². The Bertz CT molecular complexity index is 2330. The van der Waals surface area contributed by atoms with Gasteiger partial charge in [0.25, 0.3) is 0 Å². The highest BCUT2D eigenvalue weighted by molar-refractivity contribution is 6.19. The fraction of sp³-hybridized carbons (Fsp3) is 0.0270. The quantitative estimate of drug-likeness (QED) is 0.220. The van der Waals surface area contributed by atoms with Crippen LogP contribution in [0.4, 0.5) is 28.4 Å². The first kappa shape index (κ1) is 23.1. The van der Waals surface area contributed by atoms with Crippen molar-refractivity contribution in [2.45, 2.75) is 0 Å². The van der Waals surface area contributed by atoms with Crippen molar-refractivity contribution in [3.05, 3.63) is 127 Å². The zero-order valence-corrected chi connectivity index (χ0v) is 22.6. The van der Waals surface area contributed by atoms with Crippen molar-refractivity contribution in [2.24, 2.45) is 0 Å². The molecule has 1 aliphatic heterocycles. The summed E-state index contributed by atoms with van der Waals surface area (Å²) in [5.74, 6) is 0. The summed E-state index contributed by atoms with van der Waals surface area (Å²) in [5.41, 5.74) is 17.2. The lowest BCUT2D eigenvalue weighted by molar-refractivity contribution is 0.633. The van der Waals surface area contributed by atoms with Crippen molar-refractivity contribution in [3.8, 4) is 11.1 Å². The molecule has 0 aliphatic carbocycles. The zero-order valence-electron chi connectivity index (χ0n) is 22.6. The van der Waals surface area contributed by atoms with E-state index in [1.165, 1.54) is 11.1 Å². The van der Waals surface area contributed by atoms with Crippen molar-refractivity contribution in [1.29, 1.82) is 0 Å². The van der Waals surface area contributed by atoms with Crippen molar-refractivity contribution in [2.75, 3.05) is 22.2 Å². The minimum Gasteiger partial charge on any atom is -0.452 e. The Labute approximate surface area is 241 Å². The van der Waals surface area contributed by atoms with Crippen LogP contribution in [0.1, 0.15) is 0 Å². The van der Waals surface area contributed by atoms with Crippen molar-refractivity contribution in [3.63, 3.8) is 0 Å². The highest BCUT2D eigenvalue weighted by atomic mass is 16.4. The Morgan fingerprint density at radius 3 is 1.79 bits per heavy atom. The first-order chi connectivity index (χ1) is 20.7. The summed E-state index contributed by atoms with van der Waals surface area (Å²) in [4.78, 5) is 4.67. The maximum atomic E-state index is 6.56. The van der Waals surface area contributed by atoms with E-state index in [4.69, 9.17) is 14.6 Å². The lowest BCUT2D eigenvalue weighted by Gasteiger charge is -2.32. The summed E-state index contributed by atoms with van der Waals surface area (Å²) in [6.45, 7) is 0.581. The molecule has 0 saturated heterocycles. The predicted octanol–water partition coefficient (Wildman–Crippen LogP) is 9.98. The van der Waals surface area contributed by atoms with Gasteiger partial charge >= 0.3 is 0 Å². The molecule has 5 nitrogen and oxygen atoms in total. The molecule has 9 rings (SSSR count). The van der Waals surface area contributed by atoms with Crippen LogP contribution < -0.4 is 15.5 Å². The molecule has 0 atom stereocenters. The Morgan fingerprint density at radius 2 is 1.05 bits per heavy atom. The van der Waals surface area contributed by atoms with Gasteiger partial charge in [0.1, 0.15) is 17.8 Å². The van der Waals surface area contributed by atoms with Crippen molar-refractivity contribution in [1.82, 2.24) is 0 Å². The normalized spacial score (nSPS) is 13.1. The summed E-state index contributed by atoms with van der Waals surface area (Å²) in [5, 5.41) is 4.24. The van der Waals surface area contributed by atoms with Gasteiger partial charge < -0.3 is 24.4 Å². The molecule has 0 bridgehead atoms. The average molecular weight is 544 g/mol. The molecular formula is C37H25N3O2. The summed E-state index contributed by atoms with van der Waals surface area (Å²) in [6.07, 6.45) is 0. The van der Waals surface area contributed by atoms with Gasteiger partial charge in [-0.2, -0.15) is 0 Å². The molecule has 200 valence electrons. The molecular weight excluding hydrogens is 518 g/mol. The molecule has 0 amide bonds. The van der Waals surface area contributed by atoms with E-state index in [0.29, 0.717) is 6.67 Å². The molecule has 6 aromatic carbocycles. The molecule has 5 heteroatoms. The van der Waals surface area contributed by atoms with E-state index in [1.54, 1.807) is 0 Å². The SMILES string of the molecule is Nc1ccccc1N1CN(c2ccc3oc4c(ccc5c6ccccc6oc54)c3c2)c2ccccc2-c2ccccc21. The second-order valence-corrected chi connectivity index (χ2v) is 10.8. The molecule has 2 N–H and O–H groups in total. The third-order valence-electron chi connectivity index (χ3n) is 8.47. The number of hydrogen-bond donors (Lipinski definition) is 1. The summed E-state index contributed by atoms with van der Waals surface area (Å²) >= 11 is 0. The summed E-state index contributed by atoms with van der Waals surface area (Å²) < 4.78 is 12.7. The minimum atomic E-state index is 0.581. The van der Waals surface area contributed by atoms with E-state index < -0.39 is 0 Å². The van der Waals surface area contributed by atoms with Gasteiger partial charge in [0.15, 0.2) is 11.2 Å². The van der Waals surface area contributed by atoms with E-state index in [1.807, 2.05) is 36.4 Å². The number of furan rings is 2. The highest BCUT2D eigenvalue weighted by Crippen LogP contribution is 2.47. The molecule has 42 heavy (non-hydrogen) atoms. The van der Waals surface area contributed by atoms with Crippen LogP contribution >= 0.6 is 0 Å². The van der Waals surface area contributed by atoms with Gasteiger partial charge in [-0.05, 0) is 60.7 Å². The Balaban J connectivity index is 1.27. The number of hydrogen-bond acceptors (Lipinski definition) is 5. The second-order valence-electron chi connectivity index (χ2n) is 10.8. The number of anilines is 5. The number of fused-ring (bicyclic) bond motifs is 10. The third-order valence-corrected chi connectivity index (χ3v) is 8.47. The van der Waals surface area contributed by atoms with Crippen LogP contribution in [-0.2, 0) is 0 Å². The Morgan fingerprint density at radius 1 is 0.476 bits per heavy atom. The molecule has 3 heterocycles. The van der Waals surface area contributed by atoms with E-state index in [-0.39, 0.29) is 0 Å². The molecule has 0 unspecified atom stereocenters. The van der Waals surface area contributed by atoms with Gasteiger partial charge in [-0.25, -0.2) is 0 Å². The lowest BCUT2D eigenvalue weighted by Crippen LogP contribution is -2.31.